The normalized spacial score (nSPS) is 10.2. The molecule has 0 fully saturated rings. The number of furan rings is 1. The Morgan fingerprint density at radius 2 is 1.91 bits per heavy atom. The molecule has 1 heterocycles. The van der Waals surface area contributed by atoms with Crippen molar-refractivity contribution in [2.24, 2.45) is 0 Å². The molecule has 2 aromatic rings. The number of nitrogens with one attached hydrogen (secondary N) is 3. The summed E-state index contributed by atoms with van der Waals surface area (Å²) in [7, 11) is 1.85. The van der Waals surface area contributed by atoms with Crippen LogP contribution < -0.4 is 16.0 Å². The highest BCUT2D eigenvalue weighted by Gasteiger charge is 2.08. The minimum atomic E-state index is -0.258. The minimum absolute atomic E-state index is 0.0476. The van der Waals surface area contributed by atoms with Crippen LogP contribution in [-0.4, -0.2) is 25.4 Å². The molecule has 0 radical (unpaired) electrons. The Bertz CT molecular complexity index is 623. The summed E-state index contributed by atoms with van der Waals surface area (Å²) in [6.45, 7) is 0.800. The molecule has 6 heteroatoms. The summed E-state index contributed by atoms with van der Waals surface area (Å²) < 4.78 is 4.87. The maximum atomic E-state index is 11.9. The van der Waals surface area contributed by atoms with Gasteiger partial charge in [0.25, 0.3) is 5.91 Å². The first-order valence-electron chi connectivity index (χ1n) is 7.07. The minimum Gasteiger partial charge on any atom is -0.472 e. The van der Waals surface area contributed by atoms with Crippen LogP contribution in [0.5, 0.6) is 0 Å². The zero-order valence-electron chi connectivity index (χ0n) is 12.4. The number of hydrogen-bond acceptors (Lipinski definition) is 4. The summed E-state index contributed by atoms with van der Waals surface area (Å²) in [6, 6.07) is 8.61. The van der Waals surface area contributed by atoms with E-state index in [1.165, 1.54) is 12.5 Å². The molecular weight excluding hydrogens is 282 g/mol. The van der Waals surface area contributed by atoms with Gasteiger partial charge in [-0.25, -0.2) is 0 Å². The van der Waals surface area contributed by atoms with Gasteiger partial charge < -0.3 is 20.4 Å². The lowest BCUT2D eigenvalue weighted by molar-refractivity contribution is -0.116. The largest absolute Gasteiger partial charge is 0.472 e. The van der Waals surface area contributed by atoms with Crippen molar-refractivity contribution in [3.05, 3.63) is 48.4 Å². The van der Waals surface area contributed by atoms with Gasteiger partial charge in [-0.3, -0.25) is 9.59 Å². The molecule has 0 aliphatic carbocycles. The summed E-state index contributed by atoms with van der Waals surface area (Å²) in [5, 5.41) is 8.56. The van der Waals surface area contributed by atoms with Crippen LogP contribution in [0.4, 0.5) is 11.4 Å². The Morgan fingerprint density at radius 3 is 2.59 bits per heavy atom. The molecule has 2 amide bonds. The molecule has 0 aliphatic heterocycles. The summed E-state index contributed by atoms with van der Waals surface area (Å²) in [5.74, 6) is -0.306. The van der Waals surface area contributed by atoms with Gasteiger partial charge >= 0.3 is 0 Å². The van der Waals surface area contributed by atoms with Crippen LogP contribution in [0, 0.1) is 0 Å². The second-order valence-corrected chi connectivity index (χ2v) is 4.80. The van der Waals surface area contributed by atoms with Crippen LogP contribution in [-0.2, 0) is 4.79 Å². The smallest absolute Gasteiger partial charge is 0.258 e. The van der Waals surface area contributed by atoms with Gasteiger partial charge in [0.2, 0.25) is 5.91 Å². The van der Waals surface area contributed by atoms with Crippen molar-refractivity contribution in [2.45, 2.75) is 12.8 Å². The van der Waals surface area contributed by atoms with Crippen LogP contribution in [0.25, 0.3) is 0 Å². The van der Waals surface area contributed by atoms with Gasteiger partial charge in [-0.15, -0.1) is 0 Å². The lowest BCUT2D eigenvalue weighted by Gasteiger charge is -2.08. The second-order valence-electron chi connectivity index (χ2n) is 4.80. The first-order chi connectivity index (χ1) is 10.7. The average molecular weight is 301 g/mol. The van der Waals surface area contributed by atoms with Gasteiger partial charge in [-0.2, -0.15) is 0 Å². The highest BCUT2D eigenvalue weighted by molar-refractivity contribution is 6.04. The van der Waals surface area contributed by atoms with Crippen molar-refractivity contribution in [1.29, 1.82) is 0 Å². The summed E-state index contributed by atoms with van der Waals surface area (Å²) in [5.41, 5.74) is 1.71. The third-order valence-corrected chi connectivity index (χ3v) is 3.02. The molecule has 0 saturated carbocycles. The topological polar surface area (TPSA) is 83.4 Å². The molecule has 0 bridgehead atoms. The highest BCUT2D eigenvalue weighted by Crippen LogP contribution is 2.16. The number of anilines is 2. The standard InChI is InChI=1S/C16H19N3O3/c1-17-8-3-6-15(20)18-13-4-2-5-14(10-13)19-16(21)12-7-9-22-11-12/h2,4-5,7,9-11,17H,3,6,8H2,1H3,(H,18,20)(H,19,21). The van der Waals surface area contributed by atoms with Crippen molar-refractivity contribution < 1.29 is 14.0 Å². The molecule has 0 unspecified atom stereocenters. The number of benzene rings is 1. The van der Waals surface area contributed by atoms with E-state index < -0.39 is 0 Å². The van der Waals surface area contributed by atoms with E-state index in [9.17, 15) is 9.59 Å². The van der Waals surface area contributed by atoms with E-state index in [2.05, 4.69) is 16.0 Å². The molecule has 0 spiro atoms. The van der Waals surface area contributed by atoms with Crippen LogP contribution >= 0.6 is 0 Å². The average Bonchev–Trinajstić information content (AvgIpc) is 3.02. The predicted octanol–water partition coefficient (Wildman–Crippen LogP) is 2.47. The van der Waals surface area contributed by atoms with Crippen molar-refractivity contribution >= 4 is 23.2 Å². The zero-order valence-corrected chi connectivity index (χ0v) is 12.4. The fourth-order valence-electron chi connectivity index (χ4n) is 1.92. The summed E-state index contributed by atoms with van der Waals surface area (Å²) in [6.07, 6.45) is 4.05. The number of carbonyl (C=O) groups is 2. The first kappa shape index (κ1) is 15.8. The van der Waals surface area contributed by atoms with Gasteiger partial charge in [0.05, 0.1) is 11.8 Å². The molecule has 3 N–H and O–H groups in total. The molecule has 0 aliphatic rings. The van der Waals surface area contributed by atoms with Crippen LogP contribution in [0.2, 0.25) is 0 Å². The summed E-state index contributed by atoms with van der Waals surface area (Å²) >= 11 is 0. The third-order valence-electron chi connectivity index (χ3n) is 3.02. The van der Waals surface area contributed by atoms with Gasteiger partial charge in [0.15, 0.2) is 0 Å². The predicted molar refractivity (Wildman–Crippen MR) is 84.9 cm³/mol. The fraction of sp³-hybridized carbons (Fsp3) is 0.250. The Balaban J connectivity index is 1.92. The quantitative estimate of drug-likeness (QED) is 0.686. The van der Waals surface area contributed by atoms with E-state index in [1.54, 1.807) is 30.3 Å². The molecule has 116 valence electrons. The van der Waals surface area contributed by atoms with Gasteiger partial charge in [0.1, 0.15) is 6.26 Å². The van der Waals surface area contributed by atoms with E-state index in [4.69, 9.17) is 4.42 Å². The van der Waals surface area contributed by atoms with Crippen molar-refractivity contribution in [2.75, 3.05) is 24.2 Å². The van der Waals surface area contributed by atoms with Gasteiger partial charge in [-0.05, 0) is 44.3 Å². The van der Waals surface area contributed by atoms with Crippen LogP contribution in [0.3, 0.4) is 0 Å². The zero-order chi connectivity index (χ0) is 15.8. The summed E-state index contributed by atoms with van der Waals surface area (Å²) in [4.78, 5) is 23.7. The fourth-order valence-corrected chi connectivity index (χ4v) is 1.92. The molecule has 1 aromatic heterocycles. The Hall–Kier alpha value is -2.60. The first-order valence-corrected chi connectivity index (χ1v) is 7.07. The number of carbonyl (C=O) groups excluding carboxylic acids is 2. The maximum Gasteiger partial charge on any atom is 0.258 e. The monoisotopic (exact) mass is 301 g/mol. The van der Waals surface area contributed by atoms with E-state index in [0.29, 0.717) is 23.4 Å². The number of rotatable bonds is 7. The van der Waals surface area contributed by atoms with E-state index in [-0.39, 0.29) is 11.8 Å². The van der Waals surface area contributed by atoms with E-state index in [1.807, 2.05) is 7.05 Å². The van der Waals surface area contributed by atoms with Crippen LogP contribution in [0.1, 0.15) is 23.2 Å². The number of amides is 2. The SMILES string of the molecule is CNCCCC(=O)Nc1cccc(NC(=O)c2ccoc2)c1. The Morgan fingerprint density at radius 1 is 1.14 bits per heavy atom. The number of hydrogen-bond donors (Lipinski definition) is 3. The molecule has 2 rings (SSSR count). The molecule has 0 saturated heterocycles. The van der Waals surface area contributed by atoms with E-state index in [0.717, 1.165) is 13.0 Å². The van der Waals surface area contributed by atoms with Crippen molar-refractivity contribution in [1.82, 2.24) is 5.32 Å². The molecule has 6 nitrogen and oxygen atoms in total. The second kappa shape index (κ2) is 7.99. The maximum absolute atomic E-state index is 11.9. The van der Waals surface area contributed by atoms with Crippen molar-refractivity contribution in [3.63, 3.8) is 0 Å². The molecule has 0 atom stereocenters. The Kier molecular flexibility index (Phi) is 5.73. The van der Waals surface area contributed by atoms with Gasteiger partial charge in [0, 0.05) is 17.8 Å². The third kappa shape index (κ3) is 4.75. The van der Waals surface area contributed by atoms with Crippen LogP contribution in [0.15, 0.2) is 47.3 Å². The Labute approximate surface area is 128 Å². The van der Waals surface area contributed by atoms with E-state index >= 15 is 0 Å². The highest BCUT2D eigenvalue weighted by atomic mass is 16.3. The molecule has 1 aromatic carbocycles. The molecular formula is C16H19N3O3. The van der Waals surface area contributed by atoms with Crippen molar-refractivity contribution in [3.8, 4) is 0 Å². The molecule has 22 heavy (non-hydrogen) atoms. The van der Waals surface area contributed by atoms with Gasteiger partial charge in [-0.1, -0.05) is 6.07 Å². The lowest BCUT2D eigenvalue weighted by atomic mass is 10.2. The lowest BCUT2D eigenvalue weighted by Crippen LogP contribution is -2.15.